The molecule has 0 saturated carbocycles. The van der Waals surface area contributed by atoms with E-state index in [0.717, 1.165) is 17.0 Å². The zero-order valence-electron chi connectivity index (χ0n) is 14.5. The number of carbonyl (C=O) groups is 1. The molecule has 0 radical (unpaired) electrons. The third kappa shape index (κ3) is 3.42. The summed E-state index contributed by atoms with van der Waals surface area (Å²) < 4.78 is 27.0. The van der Waals surface area contributed by atoms with Crippen molar-refractivity contribution < 1.29 is 13.2 Å². The van der Waals surface area contributed by atoms with Crippen molar-refractivity contribution in [2.24, 2.45) is 7.05 Å². The fourth-order valence-electron chi connectivity index (χ4n) is 3.18. The number of nitrogens with zero attached hydrogens (tertiary/aromatic N) is 4. The number of sulfonamides is 1. The predicted octanol–water partition coefficient (Wildman–Crippen LogP) is 0.634. The summed E-state index contributed by atoms with van der Waals surface area (Å²) in [4.78, 5) is 14.5. The Balaban J connectivity index is 2.08. The summed E-state index contributed by atoms with van der Waals surface area (Å²) in [5, 5.41) is 4.37. The van der Waals surface area contributed by atoms with Crippen LogP contribution in [0, 0.1) is 13.8 Å². The van der Waals surface area contributed by atoms with Crippen LogP contribution in [0.15, 0.2) is 0 Å². The van der Waals surface area contributed by atoms with Crippen molar-refractivity contribution in [2.45, 2.75) is 33.6 Å². The molecule has 1 saturated heterocycles. The van der Waals surface area contributed by atoms with Gasteiger partial charge in [-0.15, -0.1) is 0 Å². The topological polar surface area (TPSA) is 75.5 Å². The highest BCUT2D eigenvalue weighted by molar-refractivity contribution is 7.89. The number of aryl methyl sites for hydroxylation is 2. The summed E-state index contributed by atoms with van der Waals surface area (Å²) in [6, 6.07) is 0. The van der Waals surface area contributed by atoms with Gasteiger partial charge in [0, 0.05) is 44.5 Å². The molecule has 0 N–H and O–H groups in total. The van der Waals surface area contributed by atoms with Gasteiger partial charge in [0.05, 0.1) is 17.4 Å². The Bertz CT molecular complexity index is 688. The fourth-order valence-corrected chi connectivity index (χ4v) is 4.27. The van der Waals surface area contributed by atoms with Crippen LogP contribution in [0.25, 0.3) is 0 Å². The summed E-state index contributed by atoms with van der Waals surface area (Å²) in [5.74, 6) is -0.124. The molecule has 1 aromatic heterocycles. The van der Waals surface area contributed by atoms with E-state index in [1.165, 1.54) is 4.31 Å². The number of hydrogen-bond donors (Lipinski definition) is 0. The van der Waals surface area contributed by atoms with E-state index in [9.17, 15) is 13.2 Å². The fraction of sp³-hybridized carbons (Fsp3) is 0.733. The molecule has 8 heteroatoms. The van der Waals surface area contributed by atoms with Crippen LogP contribution in [0.2, 0.25) is 0 Å². The van der Waals surface area contributed by atoms with Crippen LogP contribution < -0.4 is 0 Å². The molecule has 1 aliphatic rings. The molecule has 1 aromatic rings. The van der Waals surface area contributed by atoms with Gasteiger partial charge in [-0.2, -0.15) is 9.40 Å². The van der Waals surface area contributed by atoms with Crippen molar-refractivity contribution in [3.8, 4) is 0 Å². The van der Waals surface area contributed by atoms with E-state index in [1.54, 1.807) is 16.5 Å². The first-order chi connectivity index (χ1) is 10.7. The average Bonchev–Trinajstić information content (AvgIpc) is 2.78. The van der Waals surface area contributed by atoms with Gasteiger partial charge in [-0.05, 0) is 27.7 Å². The summed E-state index contributed by atoms with van der Waals surface area (Å²) in [6.45, 7) is 9.06. The molecule has 2 heterocycles. The van der Waals surface area contributed by atoms with Crippen LogP contribution in [-0.4, -0.2) is 65.2 Å². The molecule has 1 unspecified atom stereocenters. The third-order valence-electron chi connectivity index (χ3n) is 4.68. The lowest BCUT2D eigenvalue weighted by Crippen LogP contribution is -2.51. The third-order valence-corrected chi connectivity index (χ3v) is 6.56. The molecule has 7 nitrogen and oxygen atoms in total. The van der Waals surface area contributed by atoms with Crippen molar-refractivity contribution in [2.75, 3.05) is 31.9 Å². The Labute approximate surface area is 138 Å². The molecule has 0 aliphatic carbocycles. The minimum absolute atomic E-state index is 0.0396. The summed E-state index contributed by atoms with van der Waals surface area (Å²) in [7, 11) is -1.30. The van der Waals surface area contributed by atoms with Gasteiger partial charge in [-0.25, -0.2) is 8.42 Å². The second-order valence-corrected chi connectivity index (χ2v) is 8.31. The second kappa shape index (κ2) is 6.60. The van der Waals surface area contributed by atoms with Crippen LogP contribution in [0.1, 0.15) is 36.7 Å². The SMILES string of the molecule is CCS(=O)(=O)N1CCN(C(=O)C(C)c2c(C)nn(C)c2C)CC1. The van der Waals surface area contributed by atoms with E-state index >= 15 is 0 Å². The van der Waals surface area contributed by atoms with Crippen LogP contribution in [-0.2, 0) is 21.9 Å². The van der Waals surface area contributed by atoms with Crippen molar-refractivity contribution in [3.63, 3.8) is 0 Å². The van der Waals surface area contributed by atoms with Gasteiger partial charge in [0.25, 0.3) is 0 Å². The highest BCUT2D eigenvalue weighted by Crippen LogP contribution is 2.25. The lowest BCUT2D eigenvalue weighted by atomic mass is 9.97. The molecule has 1 aliphatic heterocycles. The zero-order chi connectivity index (χ0) is 17.4. The molecule has 1 fully saturated rings. The number of amides is 1. The zero-order valence-corrected chi connectivity index (χ0v) is 15.4. The molecular formula is C15H26N4O3S. The number of piperazine rings is 1. The Morgan fingerprint density at radius 3 is 2.22 bits per heavy atom. The number of hydrogen-bond acceptors (Lipinski definition) is 4. The van der Waals surface area contributed by atoms with E-state index < -0.39 is 10.0 Å². The maximum Gasteiger partial charge on any atom is 0.230 e. The molecular weight excluding hydrogens is 316 g/mol. The van der Waals surface area contributed by atoms with Gasteiger partial charge in [0.1, 0.15) is 0 Å². The van der Waals surface area contributed by atoms with Gasteiger partial charge in [0.2, 0.25) is 15.9 Å². The van der Waals surface area contributed by atoms with Crippen molar-refractivity contribution in [1.29, 1.82) is 0 Å². The largest absolute Gasteiger partial charge is 0.340 e. The van der Waals surface area contributed by atoms with Crippen molar-refractivity contribution >= 4 is 15.9 Å². The lowest BCUT2D eigenvalue weighted by molar-refractivity contribution is -0.133. The highest BCUT2D eigenvalue weighted by Gasteiger charge is 2.31. The minimum atomic E-state index is -3.17. The summed E-state index contributed by atoms with van der Waals surface area (Å²) >= 11 is 0. The quantitative estimate of drug-likeness (QED) is 0.804. The van der Waals surface area contributed by atoms with Gasteiger partial charge in [0.15, 0.2) is 0 Å². The average molecular weight is 342 g/mol. The molecule has 130 valence electrons. The van der Waals surface area contributed by atoms with E-state index in [0.29, 0.717) is 26.2 Å². The van der Waals surface area contributed by atoms with Crippen LogP contribution in [0.5, 0.6) is 0 Å². The Morgan fingerprint density at radius 2 is 1.78 bits per heavy atom. The molecule has 2 rings (SSSR count). The van der Waals surface area contributed by atoms with Crippen LogP contribution in [0.4, 0.5) is 0 Å². The molecule has 0 spiro atoms. The van der Waals surface area contributed by atoms with Gasteiger partial charge < -0.3 is 4.90 Å². The number of aromatic nitrogens is 2. The van der Waals surface area contributed by atoms with E-state index in [-0.39, 0.29) is 17.6 Å². The molecule has 1 amide bonds. The summed E-state index contributed by atoms with van der Waals surface area (Å²) in [6.07, 6.45) is 0. The molecule has 0 aromatic carbocycles. The van der Waals surface area contributed by atoms with E-state index in [4.69, 9.17) is 0 Å². The Hall–Kier alpha value is -1.41. The van der Waals surface area contributed by atoms with Crippen LogP contribution >= 0.6 is 0 Å². The molecule has 23 heavy (non-hydrogen) atoms. The number of rotatable bonds is 4. The lowest BCUT2D eigenvalue weighted by Gasteiger charge is -2.35. The van der Waals surface area contributed by atoms with Gasteiger partial charge >= 0.3 is 0 Å². The monoisotopic (exact) mass is 342 g/mol. The van der Waals surface area contributed by atoms with E-state index in [1.807, 2.05) is 27.8 Å². The van der Waals surface area contributed by atoms with Gasteiger partial charge in [-0.3, -0.25) is 9.48 Å². The maximum absolute atomic E-state index is 12.8. The molecule has 1 atom stereocenters. The summed E-state index contributed by atoms with van der Waals surface area (Å²) in [5.41, 5.74) is 2.84. The normalized spacial score (nSPS) is 18.2. The predicted molar refractivity (Wildman–Crippen MR) is 88.7 cm³/mol. The van der Waals surface area contributed by atoms with Crippen molar-refractivity contribution in [1.82, 2.24) is 19.0 Å². The van der Waals surface area contributed by atoms with Crippen LogP contribution in [0.3, 0.4) is 0 Å². The maximum atomic E-state index is 12.8. The smallest absolute Gasteiger partial charge is 0.230 e. The standard InChI is InChI=1S/C15H26N4O3S/c1-6-23(21,22)19-9-7-18(8-10-19)15(20)11(2)14-12(3)16-17(5)13(14)4/h11H,6-10H2,1-5H3. The van der Waals surface area contributed by atoms with Gasteiger partial charge in [-0.1, -0.05) is 0 Å². The van der Waals surface area contributed by atoms with E-state index in [2.05, 4.69) is 5.10 Å². The first-order valence-corrected chi connectivity index (χ1v) is 9.56. The first-order valence-electron chi connectivity index (χ1n) is 7.95. The minimum Gasteiger partial charge on any atom is -0.340 e. The van der Waals surface area contributed by atoms with Crippen molar-refractivity contribution in [3.05, 3.63) is 17.0 Å². The first kappa shape index (κ1) is 17.9. The highest BCUT2D eigenvalue weighted by atomic mass is 32.2. The Morgan fingerprint density at radius 1 is 1.22 bits per heavy atom. The number of carbonyl (C=O) groups excluding carboxylic acids is 1. The Kier molecular flexibility index (Phi) is 5.15. The second-order valence-electron chi connectivity index (χ2n) is 6.05. The molecule has 0 bridgehead atoms.